The number of nitrogens with one attached hydrogen (secondary N) is 1. The van der Waals surface area contributed by atoms with Crippen LogP contribution in [0.25, 0.3) is 0 Å². The summed E-state index contributed by atoms with van der Waals surface area (Å²) in [5, 5.41) is 11.7. The maximum absolute atomic E-state index is 5.48. The van der Waals surface area contributed by atoms with E-state index in [1.165, 1.54) is 5.56 Å². The van der Waals surface area contributed by atoms with E-state index in [-0.39, 0.29) is 0 Å². The lowest BCUT2D eigenvalue weighted by Crippen LogP contribution is -2.46. The Morgan fingerprint density at radius 1 is 1.10 bits per heavy atom. The second-order valence-electron chi connectivity index (χ2n) is 7.68. The minimum atomic E-state index is 0.315. The molecule has 0 atom stereocenters. The molecule has 29 heavy (non-hydrogen) atoms. The lowest BCUT2D eigenvalue weighted by molar-refractivity contribution is 0.174. The SMILES string of the molecule is CN(C)CCCNc1cnnc(N2CCN(Cc3ccc4c(c3)OCO4)CC2)n1. The Hall–Kier alpha value is -2.65. The highest BCUT2D eigenvalue weighted by Gasteiger charge is 2.21. The minimum Gasteiger partial charge on any atom is -0.454 e. The monoisotopic (exact) mass is 399 g/mol. The van der Waals surface area contributed by atoms with Gasteiger partial charge in [-0.25, -0.2) is 0 Å². The predicted molar refractivity (Wildman–Crippen MR) is 112 cm³/mol. The summed E-state index contributed by atoms with van der Waals surface area (Å²) in [6, 6.07) is 6.18. The molecule has 0 spiro atoms. The third kappa shape index (κ3) is 5.24. The van der Waals surface area contributed by atoms with E-state index < -0.39 is 0 Å². The number of hydrogen-bond donors (Lipinski definition) is 1. The zero-order valence-corrected chi connectivity index (χ0v) is 17.2. The number of hydrogen-bond acceptors (Lipinski definition) is 9. The van der Waals surface area contributed by atoms with Crippen LogP contribution in [0, 0.1) is 0 Å². The number of aromatic nitrogens is 3. The molecule has 0 amide bonds. The fraction of sp³-hybridized carbons (Fsp3) is 0.550. The summed E-state index contributed by atoms with van der Waals surface area (Å²) in [7, 11) is 4.16. The van der Waals surface area contributed by atoms with E-state index in [9.17, 15) is 0 Å². The summed E-state index contributed by atoms with van der Waals surface area (Å²) >= 11 is 0. The standard InChI is InChI=1S/C20H29N7O2/c1-25(2)7-3-6-21-19-13-22-24-20(23-19)27-10-8-26(9-11-27)14-16-4-5-17-18(12-16)29-15-28-17/h4-5,12-13H,3,6-11,14-15H2,1-2H3,(H,21,23,24). The van der Waals surface area contributed by atoms with Crippen molar-refractivity contribution in [2.75, 3.05) is 70.4 Å². The van der Waals surface area contributed by atoms with Crippen LogP contribution in [0.4, 0.5) is 11.8 Å². The normalized spacial score (nSPS) is 16.4. The summed E-state index contributed by atoms with van der Waals surface area (Å²) in [5.41, 5.74) is 1.24. The van der Waals surface area contributed by atoms with Crippen molar-refractivity contribution in [2.24, 2.45) is 0 Å². The molecule has 0 unspecified atom stereocenters. The number of benzene rings is 1. The molecular weight excluding hydrogens is 370 g/mol. The van der Waals surface area contributed by atoms with Gasteiger partial charge in [0.2, 0.25) is 12.7 Å². The molecule has 1 aromatic carbocycles. The van der Waals surface area contributed by atoms with Gasteiger partial charge in [-0.3, -0.25) is 4.90 Å². The van der Waals surface area contributed by atoms with E-state index in [0.717, 1.165) is 69.6 Å². The lowest BCUT2D eigenvalue weighted by atomic mass is 10.1. The number of piperazine rings is 1. The van der Waals surface area contributed by atoms with Gasteiger partial charge in [-0.2, -0.15) is 10.1 Å². The van der Waals surface area contributed by atoms with Crippen molar-refractivity contribution < 1.29 is 9.47 Å². The Bertz CT molecular complexity index is 809. The molecule has 4 rings (SSSR count). The van der Waals surface area contributed by atoms with E-state index in [1.807, 2.05) is 6.07 Å². The zero-order valence-electron chi connectivity index (χ0n) is 17.2. The highest BCUT2D eigenvalue weighted by Crippen LogP contribution is 2.32. The highest BCUT2D eigenvalue weighted by atomic mass is 16.7. The number of nitrogens with zero attached hydrogens (tertiary/aromatic N) is 6. The van der Waals surface area contributed by atoms with Crippen LogP contribution in [-0.4, -0.2) is 85.1 Å². The largest absolute Gasteiger partial charge is 0.454 e. The fourth-order valence-corrected chi connectivity index (χ4v) is 3.53. The highest BCUT2D eigenvalue weighted by molar-refractivity contribution is 5.44. The lowest BCUT2D eigenvalue weighted by Gasteiger charge is -2.34. The van der Waals surface area contributed by atoms with E-state index in [1.54, 1.807) is 6.20 Å². The molecule has 0 saturated carbocycles. The first-order valence-corrected chi connectivity index (χ1v) is 10.1. The minimum absolute atomic E-state index is 0.315. The topological polar surface area (TPSA) is 78.9 Å². The van der Waals surface area contributed by atoms with Gasteiger partial charge >= 0.3 is 0 Å². The third-order valence-electron chi connectivity index (χ3n) is 5.13. The van der Waals surface area contributed by atoms with Gasteiger partial charge < -0.3 is 24.6 Å². The average molecular weight is 399 g/mol. The van der Waals surface area contributed by atoms with Gasteiger partial charge in [0, 0.05) is 39.3 Å². The van der Waals surface area contributed by atoms with E-state index in [4.69, 9.17) is 9.47 Å². The van der Waals surface area contributed by atoms with Crippen LogP contribution in [0.2, 0.25) is 0 Å². The predicted octanol–water partition coefficient (Wildman–Crippen LogP) is 1.29. The molecule has 2 aliphatic heterocycles. The number of anilines is 2. The first-order valence-electron chi connectivity index (χ1n) is 10.1. The Balaban J connectivity index is 1.26. The summed E-state index contributed by atoms with van der Waals surface area (Å²) in [6.45, 7) is 6.82. The molecule has 1 N–H and O–H groups in total. The molecule has 0 bridgehead atoms. The summed E-state index contributed by atoms with van der Waals surface area (Å²) in [5.74, 6) is 3.16. The van der Waals surface area contributed by atoms with Gasteiger partial charge in [-0.1, -0.05) is 6.07 Å². The molecule has 1 saturated heterocycles. The molecule has 9 nitrogen and oxygen atoms in total. The molecule has 2 aromatic rings. The molecule has 1 fully saturated rings. The molecule has 156 valence electrons. The van der Waals surface area contributed by atoms with Crippen molar-refractivity contribution in [3.8, 4) is 11.5 Å². The van der Waals surface area contributed by atoms with Gasteiger partial charge in [-0.15, -0.1) is 5.10 Å². The van der Waals surface area contributed by atoms with E-state index in [0.29, 0.717) is 12.7 Å². The van der Waals surface area contributed by atoms with Crippen LogP contribution in [0.1, 0.15) is 12.0 Å². The Kier molecular flexibility index (Phi) is 6.26. The van der Waals surface area contributed by atoms with Gasteiger partial charge in [-0.05, 0) is 44.8 Å². The second kappa shape index (κ2) is 9.23. The van der Waals surface area contributed by atoms with Crippen LogP contribution in [0.15, 0.2) is 24.4 Å². The van der Waals surface area contributed by atoms with Crippen LogP contribution in [-0.2, 0) is 6.54 Å². The first-order chi connectivity index (χ1) is 14.2. The van der Waals surface area contributed by atoms with Crippen LogP contribution in [0.3, 0.4) is 0 Å². The quantitative estimate of drug-likeness (QED) is 0.661. The Labute approximate surface area is 171 Å². The third-order valence-corrected chi connectivity index (χ3v) is 5.13. The first kappa shape index (κ1) is 19.7. The van der Waals surface area contributed by atoms with Crippen molar-refractivity contribution in [1.29, 1.82) is 0 Å². The maximum atomic E-state index is 5.48. The number of ether oxygens (including phenoxy) is 2. The Morgan fingerprint density at radius 3 is 2.76 bits per heavy atom. The van der Waals surface area contributed by atoms with Gasteiger partial charge in [0.15, 0.2) is 17.3 Å². The van der Waals surface area contributed by atoms with Crippen molar-refractivity contribution in [3.05, 3.63) is 30.0 Å². The molecule has 9 heteroatoms. The summed E-state index contributed by atoms with van der Waals surface area (Å²) in [6.07, 6.45) is 2.75. The molecule has 1 aromatic heterocycles. The van der Waals surface area contributed by atoms with Gasteiger partial charge in [0.1, 0.15) is 0 Å². The molecule has 2 aliphatic rings. The van der Waals surface area contributed by atoms with Crippen LogP contribution >= 0.6 is 0 Å². The number of fused-ring (bicyclic) bond motifs is 1. The van der Waals surface area contributed by atoms with Crippen molar-refractivity contribution in [3.63, 3.8) is 0 Å². The molecular formula is C20H29N7O2. The van der Waals surface area contributed by atoms with Gasteiger partial charge in [0.25, 0.3) is 0 Å². The smallest absolute Gasteiger partial charge is 0.247 e. The fourth-order valence-electron chi connectivity index (χ4n) is 3.53. The average Bonchev–Trinajstić information content (AvgIpc) is 3.20. The molecule has 0 aliphatic carbocycles. The second-order valence-corrected chi connectivity index (χ2v) is 7.68. The van der Waals surface area contributed by atoms with Gasteiger partial charge in [0.05, 0.1) is 6.20 Å². The summed E-state index contributed by atoms with van der Waals surface area (Å²) in [4.78, 5) is 11.5. The van der Waals surface area contributed by atoms with Crippen LogP contribution < -0.4 is 19.7 Å². The van der Waals surface area contributed by atoms with E-state index in [2.05, 4.69) is 61.4 Å². The van der Waals surface area contributed by atoms with Crippen molar-refractivity contribution in [1.82, 2.24) is 25.0 Å². The Morgan fingerprint density at radius 2 is 1.93 bits per heavy atom. The molecule has 3 heterocycles. The zero-order chi connectivity index (χ0) is 20.1. The summed E-state index contributed by atoms with van der Waals surface area (Å²) < 4.78 is 10.9. The maximum Gasteiger partial charge on any atom is 0.247 e. The van der Waals surface area contributed by atoms with Crippen molar-refractivity contribution >= 4 is 11.8 Å². The molecule has 0 radical (unpaired) electrons. The number of rotatable bonds is 8. The van der Waals surface area contributed by atoms with Crippen LogP contribution in [0.5, 0.6) is 11.5 Å². The van der Waals surface area contributed by atoms with E-state index >= 15 is 0 Å². The van der Waals surface area contributed by atoms with Crippen molar-refractivity contribution in [2.45, 2.75) is 13.0 Å².